The largest absolute Gasteiger partial charge is 0.347 e. The number of nitrogens with one attached hydrogen (secondary N) is 2. The zero-order valence-corrected chi connectivity index (χ0v) is 10.5. The number of halogens is 1. The summed E-state index contributed by atoms with van der Waals surface area (Å²) in [6, 6.07) is 0. The van der Waals surface area contributed by atoms with Crippen LogP contribution in [0.2, 0.25) is 0 Å². The number of carbonyl (C=O) groups is 1. The Labute approximate surface area is 106 Å². The fourth-order valence-corrected chi connectivity index (χ4v) is 1.79. The second-order valence-electron chi connectivity index (χ2n) is 4.00. The fourth-order valence-electron chi connectivity index (χ4n) is 1.79. The molecule has 6 nitrogen and oxygen atoms in total. The number of aromatic nitrogens is 2. The summed E-state index contributed by atoms with van der Waals surface area (Å²) in [4.78, 5) is 15.8. The number of hydrogen-bond donors (Lipinski definition) is 2. The zero-order chi connectivity index (χ0) is 11.4. The SMILES string of the molecule is Cc1noc(CNC(=O)[C@@H]2CCCNC2)n1.Cl. The maximum absolute atomic E-state index is 11.7. The van der Waals surface area contributed by atoms with E-state index in [4.69, 9.17) is 4.52 Å². The minimum absolute atomic E-state index is 0. The molecule has 2 N–H and O–H groups in total. The predicted octanol–water partition coefficient (Wildman–Crippen LogP) is 0.416. The Morgan fingerprint density at radius 1 is 1.65 bits per heavy atom. The van der Waals surface area contributed by atoms with E-state index >= 15 is 0 Å². The van der Waals surface area contributed by atoms with Gasteiger partial charge in [-0.2, -0.15) is 4.98 Å². The van der Waals surface area contributed by atoms with Gasteiger partial charge in [-0.25, -0.2) is 0 Å². The van der Waals surface area contributed by atoms with Crippen molar-refractivity contribution in [3.63, 3.8) is 0 Å². The molecular formula is C10H17ClN4O2. The second kappa shape index (κ2) is 6.56. The number of aryl methyl sites for hydroxylation is 1. The first-order valence-electron chi connectivity index (χ1n) is 5.53. The average molecular weight is 261 g/mol. The number of rotatable bonds is 3. The van der Waals surface area contributed by atoms with Crippen LogP contribution in [0.3, 0.4) is 0 Å². The van der Waals surface area contributed by atoms with Gasteiger partial charge in [0.15, 0.2) is 5.82 Å². The minimum Gasteiger partial charge on any atom is -0.347 e. The molecule has 7 heteroatoms. The Morgan fingerprint density at radius 3 is 3.06 bits per heavy atom. The molecule has 96 valence electrons. The molecule has 0 bridgehead atoms. The van der Waals surface area contributed by atoms with Crippen molar-refractivity contribution in [3.05, 3.63) is 11.7 Å². The summed E-state index contributed by atoms with van der Waals surface area (Å²) in [5, 5.41) is 9.67. The van der Waals surface area contributed by atoms with Crippen LogP contribution >= 0.6 is 12.4 Å². The molecule has 1 aromatic rings. The minimum atomic E-state index is 0. The standard InChI is InChI=1S/C10H16N4O2.ClH/c1-7-13-9(16-14-7)6-12-10(15)8-3-2-4-11-5-8;/h8,11H,2-6H2,1H3,(H,12,15);1H/t8-;/m1./s1. The van der Waals surface area contributed by atoms with Gasteiger partial charge in [-0.3, -0.25) is 4.79 Å². The molecule has 0 aromatic carbocycles. The van der Waals surface area contributed by atoms with Crippen LogP contribution in [0.1, 0.15) is 24.6 Å². The normalized spacial score (nSPS) is 19.5. The van der Waals surface area contributed by atoms with Crippen molar-refractivity contribution in [3.8, 4) is 0 Å². The van der Waals surface area contributed by atoms with E-state index in [2.05, 4.69) is 20.8 Å². The molecule has 1 aliphatic rings. The van der Waals surface area contributed by atoms with Gasteiger partial charge in [0, 0.05) is 6.54 Å². The van der Waals surface area contributed by atoms with Crippen molar-refractivity contribution in [2.75, 3.05) is 13.1 Å². The first-order chi connectivity index (χ1) is 7.75. The average Bonchev–Trinajstić information content (AvgIpc) is 2.73. The predicted molar refractivity (Wildman–Crippen MR) is 63.7 cm³/mol. The van der Waals surface area contributed by atoms with E-state index in [9.17, 15) is 4.79 Å². The van der Waals surface area contributed by atoms with Crippen LogP contribution in [-0.2, 0) is 11.3 Å². The van der Waals surface area contributed by atoms with Crippen LogP contribution in [0.5, 0.6) is 0 Å². The third kappa shape index (κ3) is 3.98. The van der Waals surface area contributed by atoms with E-state index in [0.717, 1.165) is 25.9 Å². The Bertz CT molecular complexity index is 363. The Balaban J connectivity index is 0.00000144. The van der Waals surface area contributed by atoms with Gasteiger partial charge in [-0.05, 0) is 26.3 Å². The van der Waals surface area contributed by atoms with Crippen LogP contribution in [0, 0.1) is 12.8 Å². The molecule has 0 aliphatic carbocycles. The van der Waals surface area contributed by atoms with Crippen LogP contribution in [0.4, 0.5) is 0 Å². The molecule has 0 unspecified atom stereocenters. The summed E-state index contributed by atoms with van der Waals surface area (Å²) >= 11 is 0. The van der Waals surface area contributed by atoms with Crippen LogP contribution in [-0.4, -0.2) is 29.1 Å². The molecule has 0 spiro atoms. The summed E-state index contributed by atoms with van der Waals surface area (Å²) in [5.74, 6) is 1.17. The molecule has 1 amide bonds. The quantitative estimate of drug-likeness (QED) is 0.823. The van der Waals surface area contributed by atoms with Crippen molar-refractivity contribution in [1.82, 2.24) is 20.8 Å². The van der Waals surface area contributed by atoms with Crippen molar-refractivity contribution < 1.29 is 9.32 Å². The van der Waals surface area contributed by atoms with Gasteiger partial charge in [-0.1, -0.05) is 5.16 Å². The molecule has 1 atom stereocenters. The van der Waals surface area contributed by atoms with E-state index in [1.165, 1.54) is 0 Å². The molecule has 0 radical (unpaired) electrons. The van der Waals surface area contributed by atoms with Crippen LogP contribution in [0.15, 0.2) is 4.52 Å². The number of hydrogen-bond acceptors (Lipinski definition) is 5. The monoisotopic (exact) mass is 260 g/mol. The fraction of sp³-hybridized carbons (Fsp3) is 0.700. The summed E-state index contributed by atoms with van der Waals surface area (Å²) in [6.45, 7) is 3.83. The highest BCUT2D eigenvalue weighted by Crippen LogP contribution is 2.09. The highest BCUT2D eigenvalue weighted by Gasteiger charge is 2.20. The molecule has 0 saturated carbocycles. The molecule has 17 heavy (non-hydrogen) atoms. The lowest BCUT2D eigenvalue weighted by molar-refractivity contribution is -0.125. The highest BCUT2D eigenvalue weighted by molar-refractivity contribution is 5.85. The lowest BCUT2D eigenvalue weighted by Crippen LogP contribution is -2.40. The first kappa shape index (κ1) is 13.9. The third-order valence-electron chi connectivity index (χ3n) is 2.65. The number of nitrogens with zero attached hydrogens (tertiary/aromatic N) is 2. The maximum Gasteiger partial charge on any atom is 0.246 e. The number of piperidine rings is 1. The lowest BCUT2D eigenvalue weighted by Gasteiger charge is -2.21. The topological polar surface area (TPSA) is 80.0 Å². The van der Waals surface area contributed by atoms with Gasteiger partial charge in [0.05, 0.1) is 12.5 Å². The molecule has 2 heterocycles. The number of amides is 1. The van der Waals surface area contributed by atoms with Crippen molar-refractivity contribution in [2.24, 2.45) is 5.92 Å². The van der Waals surface area contributed by atoms with E-state index in [-0.39, 0.29) is 24.2 Å². The van der Waals surface area contributed by atoms with Gasteiger partial charge >= 0.3 is 0 Å². The second-order valence-corrected chi connectivity index (χ2v) is 4.00. The molecule has 1 fully saturated rings. The summed E-state index contributed by atoms with van der Waals surface area (Å²) in [7, 11) is 0. The molecule has 1 aliphatic heterocycles. The van der Waals surface area contributed by atoms with E-state index in [0.29, 0.717) is 18.3 Å². The number of carbonyl (C=O) groups excluding carboxylic acids is 1. The molecular weight excluding hydrogens is 244 g/mol. The highest BCUT2D eigenvalue weighted by atomic mass is 35.5. The summed E-state index contributed by atoms with van der Waals surface area (Å²) in [6.07, 6.45) is 2.00. The van der Waals surface area contributed by atoms with Crippen LogP contribution in [0.25, 0.3) is 0 Å². The van der Waals surface area contributed by atoms with E-state index < -0.39 is 0 Å². The lowest BCUT2D eigenvalue weighted by atomic mass is 9.99. The molecule has 1 saturated heterocycles. The van der Waals surface area contributed by atoms with Crippen molar-refractivity contribution in [1.29, 1.82) is 0 Å². The van der Waals surface area contributed by atoms with Gasteiger partial charge in [-0.15, -0.1) is 12.4 Å². The Hall–Kier alpha value is -1.14. The summed E-state index contributed by atoms with van der Waals surface area (Å²) in [5.41, 5.74) is 0. The molecule has 1 aromatic heterocycles. The Kier molecular flexibility index (Phi) is 5.37. The van der Waals surface area contributed by atoms with Gasteiger partial charge in [0.25, 0.3) is 0 Å². The third-order valence-corrected chi connectivity index (χ3v) is 2.65. The smallest absolute Gasteiger partial charge is 0.246 e. The van der Waals surface area contributed by atoms with Gasteiger partial charge < -0.3 is 15.2 Å². The summed E-state index contributed by atoms with van der Waals surface area (Å²) < 4.78 is 4.91. The van der Waals surface area contributed by atoms with Gasteiger partial charge in [0.1, 0.15) is 0 Å². The van der Waals surface area contributed by atoms with Gasteiger partial charge in [0.2, 0.25) is 11.8 Å². The van der Waals surface area contributed by atoms with Crippen molar-refractivity contribution >= 4 is 18.3 Å². The first-order valence-corrected chi connectivity index (χ1v) is 5.53. The van der Waals surface area contributed by atoms with Crippen molar-refractivity contribution in [2.45, 2.75) is 26.3 Å². The zero-order valence-electron chi connectivity index (χ0n) is 9.73. The molecule has 2 rings (SSSR count). The van der Waals surface area contributed by atoms with E-state index in [1.54, 1.807) is 6.92 Å². The Morgan fingerprint density at radius 2 is 2.47 bits per heavy atom. The van der Waals surface area contributed by atoms with E-state index in [1.807, 2.05) is 0 Å². The van der Waals surface area contributed by atoms with Crippen LogP contribution < -0.4 is 10.6 Å². The maximum atomic E-state index is 11.7.